The molecule has 0 radical (unpaired) electrons. The Hall–Kier alpha value is -1.64. The summed E-state index contributed by atoms with van der Waals surface area (Å²) in [5.74, 6) is 0.0743. The highest BCUT2D eigenvalue weighted by atomic mass is 16.1. The Morgan fingerprint density at radius 2 is 2.22 bits per heavy atom. The van der Waals surface area contributed by atoms with Gasteiger partial charge < -0.3 is 4.90 Å². The van der Waals surface area contributed by atoms with E-state index in [0.29, 0.717) is 13.0 Å². The van der Waals surface area contributed by atoms with Crippen LogP contribution >= 0.6 is 0 Å². The Kier molecular flexibility index (Phi) is 3.80. The van der Waals surface area contributed by atoms with Crippen molar-refractivity contribution in [1.82, 2.24) is 4.90 Å². The molecule has 1 aromatic rings. The SMILES string of the molecule is CCC(=O)C(C)C1c2ccccc2CCN1C=O. The van der Waals surface area contributed by atoms with Gasteiger partial charge in [-0.15, -0.1) is 0 Å². The zero-order valence-corrected chi connectivity index (χ0v) is 10.9. The molecule has 18 heavy (non-hydrogen) atoms. The summed E-state index contributed by atoms with van der Waals surface area (Å²) in [5.41, 5.74) is 2.39. The average Bonchev–Trinajstić information content (AvgIpc) is 2.44. The number of carbonyl (C=O) groups is 2. The molecule has 2 unspecified atom stereocenters. The quantitative estimate of drug-likeness (QED) is 0.764. The summed E-state index contributed by atoms with van der Waals surface area (Å²) in [4.78, 5) is 24.9. The Labute approximate surface area is 108 Å². The van der Waals surface area contributed by atoms with E-state index in [1.807, 2.05) is 32.0 Å². The second kappa shape index (κ2) is 5.34. The Balaban J connectivity index is 2.40. The summed E-state index contributed by atoms with van der Waals surface area (Å²) in [6.45, 7) is 4.50. The third kappa shape index (κ3) is 2.17. The van der Waals surface area contributed by atoms with Crippen molar-refractivity contribution in [2.45, 2.75) is 32.7 Å². The number of fused-ring (bicyclic) bond motifs is 1. The topological polar surface area (TPSA) is 37.4 Å². The second-order valence-electron chi connectivity index (χ2n) is 4.85. The van der Waals surface area contributed by atoms with Crippen LogP contribution < -0.4 is 0 Å². The van der Waals surface area contributed by atoms with Gasteiger partial charge in [-0.25, -0.2) is 0 Å². The predicted molar refractivity (Wildman–Crippen MR) is 70.1 cm³/mol. The van der Waals surface area contributed by atoms with E-state index in [1.54, 1.807) is 4.90 Å². The highest BCUT2D eigenvalue weighted by Gasteiger charge is 2.33. The van der Waals surface area contributed by atoms with Gasteiger partial charge in [0, 0.05) is 18.9 Å². The largest absolute Gasteiger partial charge is 0.337 e. The maximum absolute atomic E-state index is 11.9. The molecule has 2 atom stereocenters. The van der Waals surface area contributed by atoms with Gasteiger partial charge in [0.2, 0.25) is 6.41 Å². The maximum Gasteiger partial charge on any atom is 0.210 e. The number of amides is 1. The highest BCUT2D eigenvalue weighted by molar-refractivity contribution is 5.81. The van der Waals surface area contributed by atoms with E-state index in [1.165, 1.54) is 5.56 Å². The van der Waals surface area contributed by atoms with E-state index in [-0.39, 0.29) is 17.7 Å². The monoisotopic (exact) mass is 245 g/mol. The van der Waals surface area contributed by atoms with Crippen molar-refractivity contribution in [3.05, 3.63) is 35.4 Å². The molecule has 0 aliphatic carbocycles. The smallest absolute Gasteiger partial charge is 0.210 e. The molecule has 0 bridgehead atoms. The first-order chi connectivity index (χ1) is 8.69. The third-order valence-electron chi connectivity index (χ3n) is 3.84. The van der Waals surface area contributed by atoms with E-state index in [9.17, 15) is 9.59 Å². The molecular formula is C15H19NO2. The average molecular weight is 245 g/mol. The van der Waals surface area contributed by atoms with Crippen LogP contribution in [-0.4, -0.2) is 23.6 Å². The minimum absolute atomic E-state index is 0.0973. The lowest BCUT2D eigenvalue weighted by atomic mass is 9.83. The molecule has 0 saturated carbocycles. The molecule has 0 spiro atoms. The summed E-state index contributed by atoms with van der Waals surface area (Å²) >= 11 is 0. The third-order valence-corrected chi connectivity index (χ3v) is 3.84. The summed E-state index contributed by atoms with van der Waals surface area (Å²) in [6, 6.07) is 8.02. The Morgan fingerprint density at radius 1 is 1.50 bits per heavy atom. The van der Waals surface area contributed by atoms with Crippen LogP contribution in [0.5, 0.6) is 0 Å². The number of hydrogen-bond donors (Lipinski definition) is 0. The van der Waals surface area contributed by atoms with Gasteiger partial charge in [-0.2, -0.15) is 0 Å². The van der Waals surface area contributed by atoms with Crippen LogP contribution in [0.1, 0.15) is 37.4 Å². The summed E-state index contributed by atoms with van der Waals surface area (Å²) in [5, 5.41) is 0. The number of benzene rings is 1. The number of rotatable bonds is 4. The number of Topliss-reactive ketones (excluding diaryl/α,β-unsaturated/α-hetero) is 1. The lowest BCUT2D eigenvalue weighted by Gasteiger charge is -2.37. The molecule has 0 saturated heterocycles. The van der Waals surface area contributed by atoms with Gasteiger partial charge in [-0.3, -0.25) is 9.59 Å². The number of carbonyl (C=O) groups excluding carboxylic acids is 2. The van der Waals surface area contributed by atoms with Crippen molar-refractivity contribution in [2.75, 3.05) is 6.54 Å². The zero-order valence-electron chi connectivity index (χ0n) is 10.9. The van der Waals surface area contributed by atoms with Gasteiger partial charge >= 0.3 is 0 Å². The van der Waals surface area contributed by atoms with E-state index in [2.05, 4.69) is 6.07 Å². The highest BCUT2D eigenvalue weighted by Crippen LogP contribution is 2.35. The lowest BCUT2D eigenvalue weighted by Crippen LogP contribution is -2.39. The summed E-state index contributed by atoms with van der Waals surface area (Å²) < 4.78 is 0. The maximum atomic E-state index is 11.9. The van der Waals surface area contributed by atoms with Crippen molar-refractivity contribution >= 4 is 12.2 Å². The molecule has 1 heterocycles. The van der Waals surface area contributed by atoms with Gasteiger partial charge in [0.05, 0.1) is 6.04 Å². The minimum atomic E-state index is -0.137. The molecule has 0 aromatic heterocycles. The minimum Gasteiger partial charge on any atom is -0.337 e. The van der Waals surface area contributed by atoms with Gasteiger partial charge in [-0.05, 0) is 17.5 Å². The molecule has 0 fully saturated rings. The first-order valence-corrected chi connectivity index (χ1v) is 6.50. The van der Waals surface area contributed by atoms with Gasteiger partial charge in [0.15, 0.2) is 0 Å². The fourth-order valence-corrected chi connectivity index (χ4v) is 2.79. The van der Waals surface area contributed by atoms with E-state index in [0.717, 1.165) is 18.4 Å². The molecule has 1 aromatic carbocycles. The summed E-state index contributed by atoms with van der Waals surface area (Å²) in [7, 11) is 0. The second-order valence-corrected chi connectivity index (χ2v) is 4.85. The molecule has 0 N–H and O–H groups in total. The fraction of sp³-hybridized carbons (Fsp3) is 0.467. The van der Waals surface area contributed by atoms with Crippen LogP contribution in [0.3, 0.4) is 0 Å². The van der Waals surface area contributed by atoms with E-state index in [4.69, 9.17) is 0 Å². The Morgan fingerprint density at radius 3 is 2.89 bits per heavy atom. The van der Waals surface area contributed by atoms with Gasteiger partial charge in [0.1, 0.15) is 5.78 Å². The van der Waals surface area contributed by atoms with Crippen molar-refractivity contribution in [2.24, 2.45) is 5.92 Å². The molecule has 1 aliphatic rings. The Bertz CT molecular complexity index is 456. The summed E-state index contributed by atoms with van der Waals surface area (Å²) in [6.07, 6.45) is 2.27. The lowest BCUT2D eigenvalue weighted by molar-refractivity contribution is -0.128. The van der Waals surface area contributed by atoms with Crippen LogP contribution in [0.15, 0.2) is 24.3 Å². The molecular weight excluding hydrogens is 226 g/mol. The molecule has 96 valence electrons. The van der Waals surface area contributed by atoms with Crippen LogP contribution in [0.4, 0.5) is 0 Å². The van der Waals surface area contributed by atoms with Crippen LogP contribution in [0, 0.1) is 5.92 Å². The normalized spacial score (nSPS) is 20.1. The molecule has 2 rings (SSSR count). The molecule has 1 amide bonds. The van der Waals surface area contributed by atoms with E-state index >= 15 is 0 Å². The van der Waals surface area contributed by atoms with Crippen molar-refractivity contribution in [3.63, 3.8) is 0 Å². The fourth-order valence-electron chi connectivity index (χ4n) is 2.79. The standard InChI is InChI=1S/C15H19NO2/c1-3-14(18)11(2)15-13-7-5-4-6-12(13)8-9-16(15)10-17/h4-7,10-11,15H,3,8-9H2,1-2H3. The number of hydrogen-bond acceptors (Lipinski definition) is 2. The number of ketones is 1. The predicted octanol–water partition coefficient (Wildman–Crippen LogP) is 2.36. The van der Waals surface area contributed by atoms with E-state index < -0.39 is 0 Å². The first-order valence-electron chi connectivity index (χ1n) is 6.50. The van der Waals surface area contributed by atoms with Crippen molar-refractivity contribution in [3.8, 4) is 0 Å². The molecule has 3 nitrogen and oxygen atoms in total. The van der Waals surface area contributed by atoms with Gasteiger partial charge in [0.25, 0.3) is 0 Å². The van der Waals surface area contributed by atoms with Gasteiger partial charge in [-0.1, -0.05) is 38.1 Å². The first kappa shape index (κ1) is 12.8. The molecule has 3 heteroatoms. The van der Waals surface area contributed by atoms with Crippen molar-refractivity contribution < 1.29 is 9.59 Å². The zero-order chi connectivity index (χ0) is 13.1. The van der Waals surface area contributed by atoms with Crippen LogP contribution in [-0.2, 0) is 16.0 Å². The van der Waals surface area contributed by atoms with Crippen LogP contribution in [0.25, 0.3) is 0 Å². The number of nitrogens with zero attached hydrogens (tertiary/aromatic N) is 1. The molecule has 1 aliphatic heterocycles. The van der Waals surface area contributed by atoms with Crippen LogP contribution in [0.2, 0.25) is 0 Å². The van der Waals surface area contributed by atoms with Crippen molar-refractivity contribution in [1.29, 1.82) is 0 Å².